The van der Waals surface area contributed by atoms with Crippen molar-refractivity contribution >= 4 is 21.7 Å². The lowest BCUT2D eigenvalue weighted by molar-refractivity contribution is -0.119. The molecule has 1 fully saturated rings. The van der Waals surface area contributed by atoms with E-state index in [2.05, 4.69) is 13.8 Å². The van der Waals surface area contributed by atoms with E-state index in [9.17, 15) is 13.2 Å². The van der Waals surface area contributed by atoms with Gasteiger partial charge < -0.3 is 0 Å². The number of sulfonamides is 1. The first kappa shape index (κ1) is 21.9. The molecule has 0 N–H and O–H groups in total. The van der Waals surface area contributed by atoms with Gasteiger partial charge in [-0.2, -0.15) is 4.31 Å². The number of rotatable bonds is 6. The molecule has 7 nitrogen and oxygen atoms in total. The van der Waals surface area contributed by atoms with Gasteiger partial charge in [0.15, 0.2) is 0 Å². The highest BCUT2D eigenvalue weighted by molar-refractivity contribution is 7.89. The lowest BCUT2D eigenvalue weighted by Gasteiger charge is -2.30. The number of benzene rings is 1. The van der Waals surface area contributed by atoms with Gasteiger partial charge >= 0.3 is 0 Å². The standard InChI is InChI=1S/C23H30N4O3S/c1-16(2)11-14-27-21(28)10-9-20-17(3)24-22(25-23(20)27)18-12-13-26(15-18)31(29,30)19-7-5-4-6-8-19/h4-8,16,18H,9-15H2,1-3H3. The SMILES string of the molecule is Cc1nc(C2CCN(S(=O)(=O)c3ccccc3)C2)nc2c1CCC(=O)N2CCC(C)C. The second-order valence-electron chi connectivity index (χ2n) is 8.86. The van der Waals surface area contributed by atoms with Crippen molar-refractivity contribution in [3.05, 3.63) is 47.4 Å². The Morgan fingerprint density at radius 3 is 2.58 bits per heavy atom. The van der Waals surface area contributed by atoms with Crippen LogP contribution in [0.3, 0.4) is 0 Å². The van der Waals surface area contributed by atoms with Crippen LogP contribution in [-0.2, 0) is 21.2 Å². The molecule has 1 amide bonds. The maximum atomic E-state index is 13.0. The molecule has 2 aromatic rings. The van der Waals surface area contributed by atoms with E-state index in [0.29, 0.717) is 55.5 Å². The van der Waals surface area contributed by atoms with Crippen molar-refractivity contribution < 1.29 is 13.2 Å². The molecule has 31 heavy (non-hydrogen) atoms. The molecule has 0 spiro atoms. The third kappa shape index (κ3) is 4.36. The first-order chi connectivity index (χ1) is 14.8. The first-order valence-electron chi connectivity index (χ1n) is 11.0. The van der Waals surface area contributed by atoms with Crippen LogP contribution in [0.5, 0.6) is 0 Å². The van der Waals surface area contributed by atoms with Gasteiger partial charge in [0.25, 0.3) is 0 Å². The van der Waals surface area contributed by atoms with Crippen LogP contribution >= 0.6 is 0 Å². The van der Waals surface area contributed by atoms with E-state index < -0.39 is 10.0 Å². The number of hydrogen-bond acceptors (Lipinski definition) is 5. The predicted molar refractivity (Wildman–Crippen MR) is 119 cm³/mol. The van der Waals surface area contributed by atoms with Crippen LogP contribution in [0.15, 0.2) is 35.2 Å². The zero-order valence-electron chi connectivity index (χ0n) is 18.4. The summed E-state index contributed by atoms with van der Waals surface area (Å²) < 4.78 is 27.5. The third-order valence-electron chi connectivity index (χ3n) is 6.18. The first-order valence-corrected chi connectivity index (χ1v) is 12.4. The molecular formula is C23H30N4O3S. The molecule has 1 saturated heterocycles. The lowest BCUT2D eigenvalue weighted by Crippen LogP contribution is -2.38. The van der Waals surface area contributed by atoms with Gasteiger partial charge in [0.05, 0.1) is 4.90 Å². The summed E-state index contributed by atoms with van der Waals surface area (Å²) in [5.41, 5.74) is 1.94. The van der Waals surface area contributed by atoms with Crippen molar-refractivity contribution in [1.29, 1.82) is 0 Å². The van der Waals surface area contributed by atoms with E-state index in [-0.39, 0.29) is 11.8 Å². The Hall–Kier alpha value is -2.32. The van der Waals surface area contributed by atoms with E-state index in [1.807, 2.05) is 17.9 Å². The minimum absolute atomic E-state index is 0.0773. The largest absolute Gasteiger partial charge is 0.296 e. The van der Waals surface area contributed by atoms with E-state index in [1.54, 1.807) is 24.3 Å². The quantitative estimate of drug-likeness (QED) is 0.686. The van der Waals surface area contributed by atoms with Gasteiger partial charge in [-0.3, -0.25) is 9.69 Å². The molecule has 1 atom stereocenters. The van der Waals surface area contributed by atoms with Gasteiger partial charge in [-0.1, -0.05) is 32.0 Å². The number of anilines is 1. The molecule has 0 aliphatic carbocycles. The molecule has 0 saturated carbocycles. The van der Waals surface area contributed by atoms with Crippen molar-refractivity contribution in [2.45, 2.75) is 57.3 Å². The summed E-state index contributed by atoms with van der Waals surface area (Å²) in [4.78, 5) is 24.3. The van der Waals surface area contributed by atoms with E-state index in [0.717, 1.165) is 23.5 Å². The molecule has 8 heteroatoms. The Labute approximate surface area is 184 Å². The van der Waals surface area contributed by atoms with Crippen LogP contribution < -0.4 is 4.90 Å². The van der Waals surface area contributed by atoms with Gasteiger partial charge in [-0.05, 0) is 44.2 Å². The molecule has 1 aromatic heterocycles. The van der Waals surface area contributed by atoms with Gasteiger partial charge in [-0.15, -0.1) is 0 Å². The molecule has 2 aliphatic heterocycles. The second kappa shape index (κ2) is 8.67. The molecule has 1 unspecified atom stereocenters. The van der Waals surface area contributed by atoms with E-state index >= 15 is 0 Å². The summed E-state index contributed by atoms with van der Waals surface area (Å²) in [6, 6.07) is 8.53. The predicted octanol–water partition coefficient (Wildman–Crippen LogP) is 3.29. The molecular weight excluding hydrogens is 412 g/mol. The summed E-state index contributed by atoms with van der Waals surface area (Å²) in [5.74, 6) is 1.89. The Bertz CT molecular complexity index is 1070. The minimum Gasteiger partial charge on any atom is -0.296 e. The zero-order valence-corrected chi connectivity index (χ0v) is 19.2. The average molecular weight is 443 g/mol. The smallest absolute Gasteiger partial charge is 0.243 e. The summed E-state index contributed by atoms with van der Waals surface area (Å²) >= 11 is 0. The average Bonchev–Trinajstić information content (AvgIpc) is 3.24. The van der Waals surface area contributed by atoms with E-state index in [1.165, 1.54) is 4.31 Å². The highest BCUT2D eigenvalue weighted by atomic mass is 32.2. The molecule has 4 rings (SSSR count). The van der Waals surface area contributed by atoms with Gasteiger partial charge in [0.2, 0.25) is 15.9 Å². The fourth-order valence-corrected chi connectivity index (χ4v) is 5.82. The fraction of sp³-hybridized carbons (Fsp3) is 0.522. The normalized spacial score (nSPS) is 19.8. The molecule has 0 bridgehead atoms. The maximum Gasteiger partial charge on any atom is 0.243 e. The highest BCUT2D eigenvalue weighted by Crippen LogP contribution is 2.34. The number of aryl methyl sites for hydroxylation is 1. The van der Waals surface area contributed by atoms with Gasteiger partial charge in [-0.25, -0.2) is 18.4 Å². The fourth-order valence-electron chi connectivity index (χ4n) is 4.30. The van der Waals surface area contributed by atoms with Gasteiger partial charge in [0, 0.05) is 43.2 Å². The van der Waals surface area contributed by atoms with Crippen molar-refractivity contribution in [3.63, 3.8) is 0 Å². The number of carbonyl (C=O) groups is 1. The van der Waals surface area contributed by atoms with Crippen molar-refractivity contribution in [3.8, 4) is 0 Å². The Balaban J connectivity index is 1.60. The summed E-state index contributed by atoms with van der Waals surface area (Å²) in [5, 5.41) is 0. The Morgan fingerprint density at radius 2 is 1.87 bits per heavy atom. The van der Waals surface area contributed by atoms with Crippen molar-refractivity contribution in [2.24, 2.45) is 5.92 Å². The summed E-state index contributed by atoms with van der Waals surface area (Å²) in [7, 11) is -3.53. The molecule has 1 aromatic carbocycles. The number of carbonyl (C=O) groups excluding carboxylic acids is 1. The maximum absolute atomic E-state index is 13.0. The molecule has 3 heterocycles. The monoisotopic (exact) mass is 442 g/mol. The molecule has 0 radical (unpaired) electrons. The Kier molecular flexibility index (Phi) is 6.12. The molecule has 2 aliphatic rings. The van der Waals surface area contributed by atoms with Crippen LogP contribution in [0, 0.1) is 12.8 Å². The van der Waals surface area contributed by atoms with Crippen LogP contribution in [0.2, 0.25) is 0 Å². The second-order valence-corrected chi connectivity index (χ2v) is 10.8. The van der Waals surface area contributed by atoms with Crippen LogP contribution in [-0.4, -0.2) is 48.2 Å². The van der Waals surface area contributed by atoms with Crippen LogP contribution in [0.1, 0.15) is 56.1 Å². The number of fused-ring (bicyclic) bond motifs is 1. The minimum atomic E-state index is -3.53. The van der Waals surface area contributed by atoms with E-state index in [4.69, 9.17) is 9.97 Å². The van der Waals surface area contributed by atoms with Gasteiger partial charge in [0.1, 0.15) is 11.6 Å². The van der Waals surface area contributed by atoms with Crippen molar-refractivity contribution in [2.75, 3.05) is 24.5 Å². The summed E-state index contributed by atoms with van der Waals surface area (Å²) in [6.45, 7) is 7.71. The summed E-state index contributed by atoms with van der Waals surface area (Å²) in [6.07, 6.45) is 2.74. The lowest BCUT2D eigenvalue weighted by atomic mass is 10.0. The number of nitrogens with zero attached hydrogens (tertiary/aromatic N) is 4. The topological polar surface area (TPSA) is 83.5 Å². The Morgan fingerprint density at radius 1 is 1.13 bits per heavy atom. The molecule has 166 valence electrons. The van der Waals surface area contributed by atoms with Crippen LogP contribution in [0.25, 0.3) is 0 Å². The number of aromatic nitrogens is 2. The number of amides is 1. The van der Waals surface area contributed by atoms with Crippen molar-refractivity contribution in [1.82, 2.24) is 14.3 Å². The number of hydrogen-bond donors (Lipinski definition) is 0. The third-order valence-corrected chi connectivity index (χ3v) is 8.06. The van der Waals surface area contributed by atoms with Crippen LogP contribution in [0.4, 0.5) is 5.82 Å². The highest BCUT2D eigenvalue weighted by Gasteiger charge is 2.36. The zero-order chi connectivity index (χ0) is 22.2.